The lowest BCUT2D eigenvalue weighted by atomic mass is 10.2. The molecule has 0 fully saturated rings. The van der Waals surface area contributed by atoms with E-state index >= 15 is 0 Å². The normalized spacial score (nSPS) is 11.3. The zero-order chi connectivity index (χ0) is 15.4. The Morgan fingerprint density at radius 1 is 1.29 bits per heavy atom. The fraction of sp³-hybridized carbons (Fsp3) is 0.500. The molecule has 0 aliphatic carbocycles. The first-order valence-electron chi connectivity index (χ1n) is 7.37. The van der Waals surface area contributed by atoms with E-state index in [0.717, 1.165) is 37.3 Å². The van der Waals surface area contributed by atoms with Crippen LogP contribution in [-0.4, -0.2) is 26.3 Å². The SMILES string of the molecule is CCCn1nc(C)cc1CN(C)Cc1ccn(C)c(=O)c1. The van der Waals surface area contributed by atoms with Crippen LogP contribution in [0.5, 0.6) is 0 Å². The highest BCUT2D eigenvalue weighted by Gasteiger charge is 2.09. The third kappa shape index (κ3) is 4.04. The first kappa shape index (κ1) is 15.5. The fourth-order valence-corrected chi connectivity index (χ4v) is 2.46. The Kier molecular flexibility index (Phi) is 4.96. The standard InChI is InChI=1S/C16H24N4O/c1-5-7-20-15(9-13(2)17-20)12-18(3)11-14-6-8-19(4)16(21)10-14/h6,8-10H,5,7,11-12H2,1-4H3. The molecule has 2 aromatic heterocycles. The Morgan fingerprint density at radius 3 is 2.71 bits per heavy atom. The molecule has 0 unspecified atom stereocenters. The second-order valence-corrected chi connectivity index (χ2v) is 5.66. The Labute approximate surface area is 125 Å². The monoisotopic (exact) mass is 288 g/mol. The van der Waals surface area contributed by atoms with E-state index in [0.29, 0.717) is 0 Å². The van der Waals surface area contributed by atoms with Crippen molar-refractivity contribution >= 4 is 0 Å². The highest BCUT2D eigenvalue weighted by Crippen LogP contribution is 2.10. The van der Waals surface area contributed by atoms with Crippen LogP contribution in [0.1, 0.15) is 30.3 Å². The maximum atomic E-state index is 11.7. The van der Waals surface area contributed by atoms with Crippen LogP contribution in [0.4, 0.5) is 0 Å². The van der Waals surface area contributed by atoms with Crippen LogP contribution in [-0.2, 0) is 26.7 Å². The third-order valence-corrected chi connectivity index (χ3v) is 3.47. The predicted molar refractivity (Wildman–Crippen MR) is 84.1 cm³/mol. The van der Waals surface area contributed by atoms with Crippen molar-refractivity contribution in [3.63, 3.8) is 0 Å². The molecule has 0 aliphatic heterocycles. The van der Waals surface area contributed by atoms with Gasteiger partial charge in [0.1, 0.15) is 0 Å². The Balaban J connectivity index is 2.05. The Bertz CT molecular complexity index is 657. The van der Waals surface area contributed by atoms with Crippen molar-refractivity contribution in [3.05, 3.63) is 51.7 Å². The van der Waals surface area contributed by atoms with Crippen molar-refractivity contribution in [2.45, 2.75) is 39.9 Å². The summed E-state index contributed by atoms with van der Waals surface area (Å²) in [5.74, 6) is 0. The van der Waals surface area contributed by atoms with Crippen molar-refractivity contribution in [1.82, 2.24) is 19.2 Å². The highest BCUT2D eigenvalue weighted by molar-refractivity contribution is 5.12. The molecule has 0 atom stereocenters. The minimum atomic E-state index is 0.0350. The molecule has 0 aliphatic rings. The van der Waals surface area contributed by atoms with Crippen LogP contribution in [0.15, 0.2) is 29.2 Å². The van der Waals surface area contributed by atoms with Crippen molar-refractivity contribution in [3.8, 4) is 0 Å². The van der Waals surface area contributed by atoms with Gasteiger partial charge in [-0.3, -0.25) is 14.4 Å². The van der Waals surface area contributed by atoms with E-state index in [9.17, 15) is 4.79 Å². The van der Waals surface area contributed by atoms with E-state index in [4.69, 9.17) is 0 Å². The van der Waals surface area contributed by atoms with Crippen LogP contribution in [0.3, 0.4) is 0 Å². The van der Waals surface area contributed by atoms with E-state index in [2.05, 4.69) is 34.7 Å². The maximum absolute atomic E-state index is 11.7. The average Bonchev–Trinajstić information content (AvgIpc) is 2.74. The summed E-state index contributed by atoms with van der Waals surface area (Å²) in [5, 5.41) is 4.52. The van der Waals surface area contributed by atoms with E-state index in [-0.39, 0.29) is 5.56 Å². The third-order valence-electron chi connectivity index (χ3n) is 3.47. The predicted octanol–water partition coefficient (Wildman–Crippen LogP) is 1.93. The summed E-state index contributed by atoms with van der Waals surface area (Å²) in [6, 6.07) is 5.83. The second kappa shape index (κ2) is 6.72. The topological polar surface area (TPSA) is 43.1 Å². The lowest BCUT2D eigenvalue weighted by Crippen LogP contribution is -2.22. The summed E-state index contributed by atoms with van der Waals surface area (Å²) < 4.78 is 3.67. The summed E-state index contributed by atoms with van der Waals surface area (Å²) in [6.45, 7) is 6.71. The van der Waals surface area contributed by atoms with Gasteiger partial charge in [-0.15, -0.1) is 0 Å². The van der Waals surface area contributed by atoms with Gasteiger partial charge in [-0.25, -0.2) is 0 Å². The molecule has 0 bridgehead atoms. The highest BCUT2D eigenvalue weighted by atomic mass is 16.1. The van der Waals surface area contributed by atoms with Gasteiger partial charge in [0.25, 0.3) is 5.56 Å². The lowest BCUT2D eigenvalue weighted by molar-refractivity contribution is 0.306. The number of aromatic nitrogens is 3. The first-order chi connectivity index (χ1) is 9.99. The number of nitrogens with zero attached hydrogens (tertiary/aromatic N) is 4. The summed E-state index contributed by atoms with van der Waals surface area (Å²) in [5.41, 5.74) is 3.35. The first-order valence-corrected chi connectivity index (χ1v) is 7.37. The molecule has 2 rings (SSSR count). The molecule has 5 heteroatoms. The van der Waals surface area contributed by atoms with Crippen molar-refractivity contribution < 1.29 is 0 Å². The molecular weight excluding hydrogens is 264 g/mol. The molecular formula is C16H24N4O. The number of hydrogen-bond acceptors (Lipinski definition) is 3. The Morgan fingerprint density at radius 2 is 2.05 bits per heavy atom. The van der Waals surface area contributed by atoms with Gasteiger partial charge in [-0.1, -0.05) is 6.92 Å². The molecule has 0 saturated carbocycles. The van der Waals surface area contributed by atoms with Gasteiger partial charge < -0.3 is 4.57 Å². The number of pyridine rings is 1. The summed E-state index contributed by atoms with van der Waals surface area (Å²) >= 11 is 0. The van der Waals surface area contributed by atoms with Gasteiger partial charge in [0.15, 0.2) is 0 Å². The lowest BCUT2D eigenvalue weighted by Gasteiger charge is -2.17. The van der Waals surface area contributed by atoms with Gasteiger partial charge in [0, 0.05) is 38.9 Å². The van der Waals surface area contributed by atoms with Gasteiger partial charge in [-0.2, -0.15) is 5.10 Å². The molecule has 5 nitrogen and oxygen atoms in total. The van der Waals surface area contributed by atoms with E-state index < -0.39 is 0 Å². The van der Waals surface area contributed by atoms with Crippen LogP contribution in [0, 0.1) is 6.92 Å². The fourth-order valence-electron chi connectivity index (χ4n) is 2.46. The van der Waals surface area contributed by atoms with Crippen molar-refractivity contribution in [2.75, 3.05) is 7.05 Å². The van der Waals surface area contributed by atoms with Crippen LogP contribution in [0.25, 0.3) is 0 Å². The van der Waals surface area contributed by atoms with Crippen LogP contribution < -0.4 is 5.56 Å². The quantitative estimate of drug-likeness (QED) is 0.816. The molecule has 2 heterocycles. The average molecular weight is 288 g/mol. The number of hydrogen-bond donors (Lipinski definition) is 0. The minimum absolute atomic E-state index is 0.0350. The maximum Gasteiger partial charge on any atom is 0.250 e. The van der Waals surface area contributed by atoms with Gasteiger partial charge >= 0.3 is 0 Å². The summed E-state index contributed by atoms with van der Waals surface area (Å²) in [6.07, 6.45) is 2.89. The molecule has 0 N–H and O–H groups in total. The van der Waals surface area contributed by atoms with Gasteiger partial charge in [0.2, 0.25) is 0 Å². The molecule has 0 aromatic carbocycles. The molecule has 21 heavy (non-hydrogen) atoms. The zero-order valence-corrected chi connectivity index (χ0v) is 13.3. The Hall–Kier alpha value is -1.88. The van der Waals surface area contributed by atoms with E-state index in [1.807, 2.05) is 19.2 Å². The molecule has 0 amide bonds. The van der Waals surface area contributed by atoms with Gasteiger partial charge in [-0.05, 0) is 38.1 Å². The van der Waals surface area contributed by atoms with Crippen LogP contribution >= 0.6 is 0 Å². The van der Waals surface area contributed by atoms with E-state index in [1.165, 1.54) is 5.69 Å². The molecule has 2 aromatic rings. The largest absolute Gasteiger partial charge is 0.319 e. The molecule has 0 spiro atoms. The number of rotatable bonds is 6. The molecule has 0 radical (unpaired) electrons. The summed E-state index contributed by atoms with van der Waals surface area (Å²) in [4.78, 5) is 13.9. The van der Waals surface area contributed by atoms with Crippen LogP contribution in [0.2, 0.25) is 0 Å². The second-order valence-electron chi connectivity index (χ2n) is 5.66. The van der Waals surface area contributed by atoms with Crippen molar-refractivity contribution in [1.29, 1.82) is 0 Å². The van der Waals surface area contributed by atoms with E-state index in [1.54, 1.807) is 17.7 Å². The van der Waals surface area contributed by atoms with Gasteiger partial charge in [0.05, 0.1) is 11.4 Å². The summed E-state index contributed by atoms with van der Waals surface area (Å²) in [7, 11) is 3.83. The smallest absolute Gasteiger partial charge is 0.250 e. The van der Waals surface area contributed by atoms with Crippen molar-refractivity contribution in [2.24, 2.45) is 7.05 Å². The zero-order valence-electron chi connectivity index (χ0n) is 13.3. The molecule has 0 saturated heterocycles. The molecule has 114 valence electrons. The minimum Gasteiger partial charge on any atom is -0.319 e. The number of aryl methyl sites for hydroxylation is 3.